The first-order valence-electron chi connectivity index (χ1n) is 8.30. The summed E-state index contributed by atoms with van der Waals surface area (Å²) in [6, 6.07) is 6.74. The Morgan fingerprint density at radius 1 is 1.23 bits per heavy atom. The Kier molecular flexibility index (Phi) is 5.25. The van der Waals surface area contributed by atoms with E-state index in [1.165, 1.54) is 0 Å². The summed E-state index contributed by atoms with van der Waals surface area (Å²) in [7, 11) is 0. The van der Waals surface area contributed by atoms with Crippen molar-refractivity contribution in [3.05, 3.63) is 45.7 Å². The molecule has 2 aromatic rings. The molecule has 2 atom stereocenters. The highest BCUT2D eigenvalue weighted by Crippen LogP contribution is 2.27. The normalized spacial score (nSPS) is 20.2. The summed E-state index contributed by atoms with van der Waals surface area (Å²) in [6.45, 7) is 4.50. The lowest BCUT2D eigenvalue weighted by Gasteiger charge is -2.34. The number of aliphatic carboxylic acids is 1. The number of hydrogen-bond donors (Lipinski definition) is 1. The van der Waals surface area contributed by atoms with Gasteiger partial charge in [-0.25, -0.2) is 4.68 Å². The minimum Gasteiger partial charge on any atom is -0.481 e. The minimum atomic E-state index is -0.871. The fourth-order valence-electron chi connectivity index (χ4n) is 3.33. The highest BCUT2D eigenvalue weighted by atomic mass is 35.5. The van der Waals surface area contributed by atoms with E-state index in [-0.39, 0.29) is 24.1 Å². The summed E-state index contributed by atoms with van der Waals surface area (Å²) in [6.07, 6.45) is 0.576. The molecule has 1 amide bonds. The maximum Gasteiger partial charge on any atom is 0.308 e. The number of rotatable bonds is 3. The molecule has 2 heterocycles. The molecule has 1 N–H and O–H groups in total. The molecule has 0 spiro atoms. The van der Waals surface area contributed by atoms with Crippen LogP contribution in [0, 0.1) is 18.8 Å². The van der Waals surface area contributed by atoms with Gasteiger partial charge < -0.3 is 10.0 Å². The molecular formula is C18H19Cl2N3O3. The first kappa shape index (κ1) is 18.7. The van der Waals surface area contributed by atoms with Crippen LogP contribution < -0.4 is 0 Å². The Morgan fingerprint density at radius 2 is 1.96 bits per heavy atom. The third kappa shape index (κ3) is 3.71. The van der Waals surface area contributed by atoms with E-state index >= 15 is 0 Å². The van der Waals surface area contributed by atoms with Gasteiger partial charge >= 0.3 is 5.97 Å². The van der Waals surface area contributed by atoms with E-state index in [0.29, 0.717) is 28.7 Å². The number of carboxylic acid groups (broad SMARTS) is 1. The van der Waals surface area contributed by atoms with E-state index in [1.54, 1.807) is 33.8 Å². The van der Waals surface area contributed by atoms with Gasteiger partial charge in [-0.15, -0.1) is 0 Å². The van der Waals surface area contributed by atoms with E-state index < -0.39 is 11.9 Å². The van der Waals surface area contributed by atoms with Crippen molar-refractivity contribution in [1.82, 2.24) is 14.7 Å². The SMILES string of the molecule is Cc1cc(C(=O)N2CC(C)CC(C(=O)O)C2)nn1-c1ccc(Cl)cc1Cl. The number of likely N-dealkylation sites (tertiary alicyclic amines) is 1. The number of amides is 1. The van der Waals surface area contributed by atoms with Crippen molar-refractivity contribution in [2.75, 3.05) is 13.1 Å². The third-order valence-electron chi connectivity index (χ3n) is 4.54. The Bertz CT molecular complexity index is 865. The molecule has 2 unspecified atom stereocenters. The molecule has 0 bridgehead atoms. The van der Waals surface area contributed by atoms with Crippen LogP contribution in [-0.4, -0.2) is 44.8 Å². The summed E-state index contributed by atoms with van der Waals surface area (Å²) in [5, 5.41) is 14.6. The molecule has 8 heteroatoms. The Hall–Kier alpha value is -2.05. The number of halogens is 2. The number of aryl methyl sites for hydroxylation is 1. The highest BCUT2D eigenvalue weighted by Gasteiger charge is 2.33. The molecule has 0 aliphatic carbocycles. The molecule has 1 aliphatic rings. The lowest BCUT2D eigenvalue weighted by atomic mass is 9.90. The van der Waals surface area contributed by atoms with Crippen LogP contribution in [0.1, 0.15) is 29.5 Å². The van der Waals surface area contributed by atoms with Crippen LogP contribution in [0.5, 0.6) is 0 Å². The summed E-state index contributed by atoms with van der Waals surface area (Å²) in [5.41, 5.74) is 1.65. The van der Waals surface area contributed by atoms with E-state index in [0.717, 1.165) is 5.69 Å². The van der Waals surface area contributed by atoms with Crippen LogP contribution in [-0.2, 0) is 4.79 Å². The molecule has 1 aromatic carbocycles. The van der Waals surface area contributed by atoms with Gasteiger partial charge in [-0.3, -0.25) is 9.59 Å². The van der Waals surface area contributed by atoms with Crippen molar-refractivity contribution in [1.29, 1.82) is 0 Å². The fraction of sp³-hybridized carbons (Fsp3) is 0.389. The number of hydrogen-bond acceptors (Lipinski definition) is 3. The molecular weight excluding hydrogens is 377 g/mol. The van der Waals surface area contributed by atoms with Gasteiger partial charge in [0.05, 0.1) is 16.6 Å². The van der Waals surface area contributed by atoms with Crippen molar-refractivity contribution < 1.29 is 14.7 Å². The molecule has 26 heavy (non-hydrogen) atoms. The molecule has 0 radical (unpaired) electrons. The Labute approximate surface area is 161 Å². The zero-order chi connectivity index (χ0) is 19.0. The van der Waals surface area contributed by atoms with Crippen LogP contribution in [0.15, 0.2) is 24.3 Å². The molecule has 1 aromatic heterocycles. The van der Waals surface area contributed by atoms with Crippen molar-refractivity contribution >= 4 is 35.1 Å². The van der Waals surface area contributed by atoms with Crippen LogP contribution in [0.2, 0.25) is 10.0 Å². The lowest BCUT2D eigenvalue weighted by molar-refractivity contribution is -0.143. The summed E-state index contributed by atoms with van der Waals surface area (Å²) in [5.74, 6) is -1.56. The maximum absolute atomic E-state index is 12.9. The van der Waals surface area contributed by atoms with Crippen molar-refractivity contribution in [3.8, 4) is 5.69 Å². The number of carbonyl (C=O) groups is 2. The summed E-state index contributed by atoms with van der Waals surface area (Å²) >= 11 is 12.2. The van der Waals surface area contributed by atoms with Crippen molar-refractivity contribution in [2.45, 2.75) is 20.3 Å². The number of nitrogens with zero attached hydrogens (tertiary/aromatic N) is 3. The third-order valence-corrected chi connectivity index (χ3v) is 5.08. The van der Waals surface area contributed by atoms with Crippen LogP contribution >= 0.6 is 23.2 Å². The standard InChI is InChI=1S/C18H19Cl2N3O3/c1-10-5-12(18(25)26)9-22(8-10)17(24)15-6-11(2)23(21-15)16-4-3-13(19)7-14(16)20/h3-4,6-7,10,12H,5,8-9H2,1-2H3,(H,25,26). The van der Waals surface area contributed by atoms with Gasteiger partial charge in [-0.05, 0) is 43.5 Å². The predicted octanol–water partition coefficient (Wildman–Crippen LogP) is 3.67. The molecule has 1 aliphatic heterocycles. The van der Waals surface area contributed by atoms with Gasteiger partial charge in [-0.2, -0.15) is 5.10 Å². The zero-order valence-electron chi connectivity index (χ0n) is 14.4. The second kappa shape index (κ2) is 7.29. The first-order valence-corrected chi connectivity index (χ1v) is 9.06. The second-order valence-corrected chi connectivity index (χ2v) is 7.61. The van der Waals surface area contributed by atoms with Gasteiger partial charge in [0.25, 0.3) is 5.91 Å². The quantitative estimate of drug-likeness (QED) is 0.859. The van der Waals surface area contributed by atoms with E-state index in [4.69, 9.17) is 23.2 Å². The Morgan fingerprint density at radius 3 is 2.62 bits per heavy atom. The van der Waals surface area contributed by atoms with Crippen molar-refractivity contribution in [2.24, 2.45) is 11.8 Å². The van der Waals surface area contributed by atoms with Gasteiger partial charge in [0.2, 0.25) is 0 Å². The smallest absolute Gasteiger partial charge is 0.308 e. The number of piperidine rings is 1. The maximum atomic E-state index is 12.9. The topological polar surface area (TPSA) is 75.4 Å². The van der Waals surface area contributed by atoms with Gasteiger partial charge in [0.1, 0.15) is 0 Å². The van der Waals surface area contributed by atoms with Gasteiger partial charge in [-0.1, -0.05) is 30.1 Å². The first-order chi connectivity index (χ1) is 12.3. The van der Waals surface area contributed by atoms with E-state index in [1.807, 2.05) is 13.8 Å². The highest BCUT2D eigenvalue weighted by molar-refractivity contribution is 6.35. The largest absolute Gasteiger partial charge is 0.481 e. The molecule has 3 rings (SSSR count). The molecule has 1 saturated heterocycles. The van der Waals surface area contributed by atoms with Crippen LogP contribution in [0.3, 0.4) is 0 Å². The molecule has 138 valence electrons. The number of aromatic nitrogens is 2. The number of benzene rings is 1. The molecule has 6 nitrogen and oxygen atoms in total. The van der Waals surface area contributed by atoms with Gasteiger partial charge in [0.15, 0.2) is 5.69 Å². The monoisotopic (exact) mass is 395 g/mol. The average Bonchev–Trinajstić information content (AvgIpc) is 2.95. The Balaban J connectivity index is 1.88. The summed E-state index contributed by atoms with van der Waals surface area (Å²) in [4.78, 5) is 25.8. The molecule has 0 saturated carbocycles. The number of carboxylic acids is 1. The molecule has 1 fully saturated rings. The fourth-order valence-corrected chi connectivity index (χ4v) is 3.82. The van der Waals surface area contributed by atoms with E-state index in [2.05, 4.69) is 5.10 Å². The predicted molar refractivity (Wildman–Crippen MR) is 99.1 cm³/mol. The van der Waals surface area contributed by atoms with Gasteiger partial charge in [0, 0.05) is 23.8 Å². The minimum absolute atomic E-state index is 0.127. The zero-order valence-corrected chi connectivity index (χ0v) is 16.0. The van der Waals surface area contributed by atoms with E-state index in [9.17, 15) is 14.7 Å². The number of carbonyl (C=O) groups excluding carboxylic acids is 1. The lowest BCUT2D eigenvalue weighted by Crippen LogP contribution is -2.45. The summed E-state index contributed by atoms with van der Waals surface area (Å²) < 4.78 is 1.59. The van der Waals surface area contributed by atoms with Crippen LogP contribution in [0.4, 0.5) is 0 Å². The second-order valence-electron chi connectivity index (χ2n) is 6.76. The van der Waals surface area contributed by atoms with Crippen molar-refractivity contribution in [3.63, 3.8) is 0 Å². The average molecular weight is 396 g/mol. The van der Waals surface area contributed by atoms with Crippen LogP contribution in [0.25, 0.3) is 5.69 Å².